The summed E-state index contributed by atoms with van der Waals surface area (Å²) in [5, 5.41) is 2.58. The molecule has 2 aliphatic heterocycles. The van der Waals surface area contributed by atoms with Crippen LogP contribution in [0.5, 0.6) is 0 Å². The Labute approximate surface area is 183 Å². The van der Waals surface area contributed by atoms with Gasteiger partial charge in [0.05, 0.1) is 6.54 Å². The van der Waals surface area contributed by atoms with E-state index in [0.29, 0.717) is 18.5 Å². The number of nitrogens with two attached hydrogens (primary N) is 1. The zero-order valence-corrected chi connectivity index (χ0v) is 18.0. The second-order valence-electron chi connectivity index (χ2n) is 7.62. The highest BCUT2D eigenvalue weighted by molar-refractivity contribution is 9.10. The molecule has 1 unspecified atom stereocenters. The highest BCUT2D eigenvalue weighted by atomic mass is 79.9. The second kappa shape index (κ2) is 8.57. The predicted octanol–water partition coefficient (Wildman–Crippen LogP) is 2.17. The Morgan fingerprint density at radius 2 is 1.97 bits per heavy atom. The number of primary amides is 1. The number of rotatable bonds is 5. The van der Waals surface area contributed by atoms with Gasteiger partial charge in [-0.25, -0.2) is 0 Å². The lowest BCUT2D eigenvalue weighted by molar-refractivity contribution is -0.129. The minimum absolute atomic E-state index is 0.157. The van der Waals surface area contributed by atoms with E-state index in [9.17, 15) is 14.4 Å². The van der Waals surface area contributed by atoms with Gasteiger partial charge in [-0.3, -0.25) is 19.3 Å². The average molecular weight is 471 g/mol. The Hall–Kier alpha value is -2.71. The number of benzene rings is 2. The van der Waals surface area contributed by atoms with E-state index in [2.05, 4.69) is 38.3 Å². The lowest BCUT2D eigenvalue weighted by atomic mass is 10.1. The summed E-state index contributed by atoms with van der Waals surface area (Å²) in [5.74, 6) is -1.11. The van der Waals surface area contributed by atoms with Crippen LogP contribution in [-0.4, -0.2) is 46.7 Å². The normalized spacial score (nSPS) is 21.0. The molecule has 3 amide bonds. The van der Waals surface area contributed by atoms with E-state index in [1.54, 1.807) is 4.90 Å². The van der Waals surface area contributed by atoms with E-state index in [0.717, 1.165) is 28.6 Å². The summed E-state index contributed by atoms with van der Waals surface area (Å²) in [7, 11) is 0. The molecule has 2 heterocycles. The van der Waals surface area contributed by atoms with Crippen LogP contribution in [0.15, 0.2) is 53.0 Å². The van der Waals surface area contributed by atoms with Crippen molar-refractivity contribution in [3.05, 3.63) is 69.7 Å². The van der Waals surface area contributed by atoms with Crippen LogP contribution >= 0.6 is 15.9 Å². The molecule has 2 aromatic carbocycles. The maximum absolute atomic E-state index is 13.3. The monoisotopic (exact) mass is 470 g/mol. The molecule has 4 rings (SSSR count). The minimum Gasteiger partial charge on any atom is -0.368 e. The van der Waals surface area contributed by atoms with Crippen LogP contribution in [0.3, 0.4) is 0 Å². The molecule has 30 heavy (non-hydrogen) atoms. The first-order valence-electron chi connectivity index (χ1n) is 9.92. The Kier molecular flexibility index (Phi) is 5.87. The lowest BCUT2D eigenvalue weighted by Gasteiger charge is -2.36. The van der Waals surface area contributed by atoms with Gasteiger partial charge in [-0.1, -0.05) is 46.3 Å². The number of nitrogens with zero attached hydrogens (tertiary/aromatic N) is 2. The van der Waals surface area contributed by atoms with E-state index in [4.69, 9.17) is 5.73 Å². The van der Waals surface area contributed by atoms with E-state index in [1.807, 2.05) is 36.4 Å². The van der Waals surface area contributed by atoms with E-state index in [1.165, 1.54) is 0 Å². The summed E-state index contributed by atoms with van der Waals surface area (Å²) >= 11 is 3.52. The number of fused-ring (bicyclic) bond motifs is 3. The SMILES string of the molecule is NC(=O)CNC(=O)C1CCCN(Cc2cccc(Br)c2)[C@H]2c3ccccc3C(=O)N12. The largest absolute Gasteiger partial charge is 0.368 e. The molecule has 7 nitrogen and oxygen atoms in total. The van der Waals surface area contributed by atoms with Crippen molar-refractivity contribution >= 4 is 33.7 Å². The molecule has 0 aliphatic carbocycles. The maximum atomic E-state index is 13.3. The summed E-state index contributed by atoms with van der Waals surface area (Å²) in [4.78, 5) is 41.2. The van der Waals surface area contributed by atoms with Crippen molar-refractivity contribution in [2.45, 2.75) is 31.6 Å². The van der Waals surface area contributed by atoms with Gasteiger partial charge in [0.2, 0.25) is 11.8 Å². The molecule has 0 saturated carbocycles. The fourth-order valence-electron chi connectivity index (χ4n) is 4.34. The summed E-state index contributed by atoms with van der Waals surface area (Å²) in [6.07, 6.45) is 0.945. The van der Waals surface area contributed by atoms with Gasteiger partial charge < -0.3 is 16.0 Å². The topological polar surface area (TPSA) is 95.7 Å². The van der Waals surface area contributed by atoms with Crippen LogP contribution in [0.1, 0.15) is 40.5 Å². The number of hydrogen-bond donors (Lipinski definition) is 2. The molecular formula is C22H23BrN4O3. The molecule has 3 N–H and O–H groups in total. The summed E-state index contributed by atoms with van der Waals surface area (Å²) in [6.45, 7) is 1.16. The molecule has 156 valence electrons. The Balaban J connectivity index is 1.69. The van der Waals surface area contributed by atoms with Gasteiger partial charge in [0.15, 0.2) is 0 Å². The van der Waals surface area contributed by atoms with Crippen molar-refractivity contribution in [1.82, 2.24) is 15.1 Å². The fourth-order valence-corrected chi connectivity index (χ4v) is 4.78. The van der Waals surface area contributed by atoms with Crippen molar-refractivity contribution < 1.29 is 14.4 Å². The third-order valence-corrected chi connectivity index (χ3v) is 6.08. The van der Waals surface area contributed by atoms with Crippen molar-refractivity contribution in [3.8, 4) is 0 Å². The molecule has 0 spiro atoms. The van der Waals surface area contributed by atoms with Gasteiger partial charge >= 0.3 is 0 Å². The molecule has 0 aromatic heterocycles. The molecule has 2 aromatic rings. The van der Waals surface area contributed by atoms with Crippen LogP contribution < -0.4 is 11.1 Å². The number of carbonyl (C=O) groups excluding carboxylic acids is 3. The van der Waals surface area contributed by atoms with Gasteiger partial charge in [-0.2, -0.15) is 0 Å². The molecule has 1 fully saturated rings. The molecule has 1 saturated heterocycles. The number of nitrogens with one attached hydrogen (secondary N) is 1. The van der Waals surface area contributed by atoms with Gasteiger partial charge in [-0.15, -0.1) is 0 Å². The van der Waals surface area contributed by atoms with Gasteiger partial charge in [0.1, 0.15) is 12.2 Å². The lowest BCUT2D eigenvalue weighted by Crippen LogP contribution is -2.51. The third-order valence-electron chi connectivity index (χ3n) is 5.59. The van der Waals surface area contributed by atoms with Crippen LogP contribution in [0, 0.1) is 0 Å². The van der Waals surface area contributed by atoms with Gasteiger partial charge in [0.25, 0.3) is 5.91 Å². The van der Waals surface area contributed by atoms with Gasteiger partial charge in [0, 0.05) is 28.7 Å². The molecule has 0 bridgehead atoms. The van der Waals surface area contributed by atoms with Crippen molar-refractivity contribution in [3.63, 3.8) is 0 Å². The number of amides is 3. The van der Waals surface area contributed by atoms with Crippen molar-refractivity contribution in [1.29, 1.82) is 0 Å². The van der Waals surface area contributed by atoms with Crippen molar-refractivity contribution in [2.75, 3.05) is 13.1 Å². The van der Waals surface area contributed by atoms with Crippen LogP contribution in [0.25, 0.3) is 0 Å². The smallest absolute Gasteiger partial charge is 0.256 e. The van der Waals surface area contributed by atoms with Crippen LogP contribution in [-0.2, 0) is 16.1 Å². The predicted molar refractivity (Wildman–Crippen MR) is 115 cm³/mol. The molecular weight excluding hydrogens is 448 g/mol. The molecule has 2 aliphatic rings. The van der Waals surface area contributed by atoms with E-state index >= 15 is 0 Å². The molecule has 2 atom stereocenters. The number of hydrogen-bond acceptors (Lipinski definition) is 4. The zero-order chi connectivity index (χ0) is 21.3. The first kappa shape index (κ1) is 20.6. The Bertz CT molecular complexity index is 996. The van der Waals surface area contributed by atoms with Crippen LogP contribution in [0.4, 0.5) is 0 Å². The van der Waals surface area contributed by atoms with E-state index in [-0.39, 0.29) is 24.5 Å². The van der Waals surface area contributed by atoms with Crippen molar-refractivity contribution in [2.24, 2.45) is 5.73 Å². The second-order valence-corrected chi connectivity index (χ2v) is 8.53. The Morgan fingerprint density at radius 1 is 1.17 bits per heavy atom. The highest BCUT2D eigenvalue weighted by Gasteiger charge is 2.46. The number of halogens is 1. The quantitative estimate of drug-likeness (QED) is 0.699. The highest BCUT2D eigenvalue weighted by Crippen LogP contribution is 2.41. The summed E-state index contributed by atoms with van der Waals surface area (Å²) in [5.41, 5.74) is 7.83. The Morgan fingerprint density at radius 3 is 2.73 bits per heavy atom. The third kappa shape index (κ3) is 3.97. The molecule has 8 heteroatoms. The number of carbonyl (C=O) groups is 3. The maximum Gasteiger partial charge on any atom is 0.256 e. The first-order valence-corrected chi connectivity index (χ1v) is 10.7. The summed E-state index contributed by atoms with van der Waals surface area (Å²) < 4.78 is 0.998. The standard InChI is InChI=1S/C22H23BrN4O3/c23-15-6-3-5-14(11-15)13-26-10-4-9-18(20(29)25-12-19(24)28)27-21(26)16-7-1-2-8-17(16)22(27)30/h1-3,5-8,11,18,21H,4,9-10,12-13H2,(H2,24,28)(H,25,29)/t18?,21-/m1/s1. The molecule has 0 radical (unpaired) electrons. The van der Waals surface area contributed by atoms with Crippen LogP contribution in [0.2, 0.25) is 0 Å². The summed E-state index contributed by atoms with van der Waals surface area (Å²) in [6, 6.07) is 15.0. The fraction of sp³-hybridized carbons (Fsp3) is 0.318. The minimum atomic E-state index is -0.651. The average Bonchev–Trinajstić information content (AvgIpc) is 2.88. The zero-order valence-electron chi connectivity index (χ0n) is 16.4. The van der Waals surface area contributed by atoms with Gasteiger partial charge in [-0.05, 0) is 36.6 Å². The van der Waals surface area contributed by atoms with E-state index < -0.39 is 11.9 Å². The first-order chi connectivity index (χ1) is 14.5.